The Bertz CT molecular complexity index is 1330. The molecule has 0 spiro atoms. The van der Waals surface area contributed by atoms with Crippen molar-refractivity contribution in [3.63, 3.8) is 0 Å². The highest BCUT2D eigenvalue weighted by atomic mass is 35.5. The van der Waals surface area contributed by atoms with Crippen LogP contribution in [0.4, 0.5) is 5.69 Å². The molecule has 3 aromatic carbocycles. The van der Waals surface area contributed by atoms with Crippen LogP contribution in [0.5, 0.6) is 5.75 Å². The fourth-order valence-electron chi connectivity index (χ4n) is 2.89. The second kappa shape index (κ2) is 7.81. The highest BCUT2D eigenvalue weighted by Crippen LogP contribution is 2.25. The molecule has 0 N–H and O–H groups in total. The first-order valence-electron chi connectivity index (χ1n) is 8.70. The van der Waals surface area contributed by atoms with Gasteiger partial charge in [0.15, 0.2) is 5.43 Å². The summed E-state index contributed by atoms with van der Waals surface area (Å²) in [5.41, 5.74) is 1.10. The van der Waals surface area contributed by atoms with Crippen molar-refractivity contribution in [1.29, 1.82) is 0 Å². The van der Waals surface area contributed by atoms with Crippen LogP contribution >= 0.6 is 11.6 Å². The maximum absolute atomic E-state index is 12.8. The molecule has 0 saturated heterocycles. The number of benzene rings is 3. The largest absolute Gasteiger partial charge is 0.463 e. The smallest absolute Gasteiger partial charge is 0.343 e. The first-order valence-corrected chi connectivity index (χ1v) is 9.08. The van der Waals surface area contributed by atoms with Gasteiger partial charge in [0.25, 0.3) is 5.69 Å². The minimum atomic E-state index is -0.690. The minimum absolute atomic E-state index is 0.129. The Morgan fingerprint density at radius 2 is 1.70 bits per heavy atom. The number of carbonyl (C=O) groups excluding carboxylic acids is 1. The molecule has 8 heteroatoms. The van der Waals surface area contributed by atoms with Gasteiger partial charge in [-0.2, -0.15) is 0 Å². The van der Waals surface area contributed by atoms with Gasteiger partial charge in [0.1, 0.15) is 17.6 Å². The van der Waals surface area contributed by atoms with Crippen LogP contribution in [-0.2, 0) is 0 Å². The minimum Gasteiger partial charge on any atom is -0.463 e. The van der Waals surface area contributed by atoms with Crippen LogP contribution < -0.4 is 10.2 Å². The van der Waals surface area contributed by atoms with Gasteiger partial charge in [0.2, 0.25) is 0 Å². The predicted octanol–water partition coefficient (Wildman–Crippen LogP) is 5.24. The van der Waals surface area contributed by atoms with Gasteiger partial charge in [0, 0.05) is 23.2 Å². The summed E-state index contributed by atoms with van der Waals surface area (Å²) in [6.45, 7) is 0. The van der Waals surface area contributed by atoms with Gasteiger partial charge in [-0.15, -0.1) is 0 Å². The highest BCUT2D eigenvalue weighted by molar-refractivity contribution is 6.30. The Morgan fingerprint density at radius 3 is 2.37 bits per heavy atom. The molecule has 0 aliphatic heterocycles. The summed E-state index contributed by atoms with van der Waals surface area (Å²) in [6, 6.07) is 16.3. The van der Waals surface area contributed by atoms with E-state index in [1.54, 1.807) is 24.3 Å². The van der Waals surface area contributed by atoms with Crippen molar-refractivity contribution in [2.45, 2.75) is 0 Å². The monoisotopic (exact) mass is 421 g/mol. The van der Waals surface area contributed by atoms with Crippen molar-refractivity contribution in [1.82, 2.24) is 0 Å². The number of nitro groups is 1. The van der Waals surface area contributed by atoms with Gasteiger partial charge in [0.05, 0.1) is 21.4 Å². The Morgan fingerprint density at radius 1 is 1.00 bits per heavy atom. The number of esters is 1. The van der Waals surface area contributed by atoms with Crippen LogP contribution in [0.25, 0.3) is 22.1 Å². The highest BCUT2D eigenvalue weighted by Gasteiger charge is 2.14. The maximum Gasteiger partial charge on any atom is 0.343 e. The Kier molecular flexibility index (Phi) is 5.04. The summed E-state index contributed by atoms with van der Waals surface area (Å²) in [5.74, 6) is -0.516. The normalized spacial score (nSPS) is 10.7. The van der Waals surface area contributed by atoms with Gasteiger partial charge in [-0.3, -0.25) is 14.9 Å². The third-order valence-electron chi connectivity index (χ3n) is 4.43. The Labute approximate surface area is 174 Å². The number of nitro benzene ring substituents is 1. The summed E-state index contributed by atoms with van der Waals surface area (Å²) in [5, 5.41) is 11.6. The standard InChI is InChI=1S/C22H12ClNO6/c23-15-5-1-13(2-6-15)19-12-29-20-11-17(9-10-18(20)21(19)25)30-22(26)14-3-7-16(8-4-14)24(27)28/h1-12H. The number of rotatable bonds is 4. The fraction of sp³-hybridized carbons (Fsp3) is 0. The van der Waals surface area contributed by atoms with Crippen molar-refractivity contribution >= 4 is 34.2 Å². The Balaban J connectivity index is 1.61. The first-order chi connectivity index (χ1) is 14.4. The van der Waals surface area contributed by atoms with E-state index in [0.717, 1.165) is 0 Å². The molecule has 148 valence electrons. The molecule has 30 heavy (non-hydrogen) atoms. The Hall–Kier alpha value is -3.97. The van der Waals surface area contributed by atoms with Crippen LogP contribution in [0.1, 0.15) is 10.4 Å². The third-order valence-corrected chi connectivity index (χ3v) is 4.68. The van der Waals surface area contributed by atoms with E-state index < -0.39 is 10.9 Å². The maximum atomic E-state index is 12.8. The molecule has 0 radical (unpaired) electrons. The van der Waals surface area contributed by atoms with Crippen LogP contribution in [0, 0.1) is 10.1 Å². The second-order valence-electron chi connectivity index (χ2n) is 6.34. The SMILES string of the molecule is O=C(Oc1ccc2c(=O)c(-c3ccc(Cl)cc3)coc2c1)c1ccc([N+](=O)[O-])cc1. The van der Waals surface area contributed by atoms with E-state index >= 15 is 0 Å². The molecule has 1 heterocycles. The predicted molar refractivity (Wildman–Crippen MR) is 111 cm³/mol. The van der Waals surface area contributed by atoms with Crippen molar-refractivity contribution in [3.8, 4) is 16.9 Å². The number of halogens is 1. The van der Waals surface area contributed by atoms with E-state index in [4.69, 9.17) is 20.8 Å². The molecule has 0 amide bonds. The summed E-state index contributed by atoms with van der Waals surface area (Å²) >= 11 is 5.89. The van der Waals surface area contributed by atoms with Crippen molar-refractivity contribution in [3.05, 3.63) is 104 Å². The molecule has 0 atom stereocenters. The molecule has 4 aromatic rings. The van der Waals surface area contributed by atoms with Gasteiger partial charge in [-0.05, 0) is 42.0 Å². The molecule has 0 fully saturated rings. The fourth-order valence-corrected chi connectivity index (χ4v) is 3.01. The van der Waals surface area contributed by atoms with Crippen LogP contribution in [-0.4, -0.2) is 10.9 Å². The number of nitrogens with zero attached hydrogens (tertiary/aromatic N) is 1. The zero-order chi connectivity index (χ0) is 21.3. The molecule has 1 aromatic heterocycles. The quantitative estimate of drug-likeness (QED) is 0.193. The number of hydrogen-bond donors (Lipinski definition) is 0. The summed E-state index contributed by atoms with van der Waals surface area (Å²) in [7, 11) is 0. The zero-order valence-electron chi connectivity index (χ0n) is 15.2. The average Bonchev–Trinajstić information content (AvgIpc) is 2.75. The second-order valence-corrected chi connectivity index (χ2v) is 6.77. The summed E-state index contributed by atoms with van der Waals surface area (Å²) in [4.78, 5) is 35.2. The van der Waals surface area contributed by atoms with Gasteiger partial charge in [-0.25, -0.2) is 4.79 Å². The van der Waals surface area contributed by atoms with E-state index in [9.17, 15) is 19.7 Å². The number of carbonyl (C=O) groups is 1. The van der Waals surface area contributed by atoms with Gasteiger partial charge in [-0.1, -0.05) is 23.7 Å². The van der Waals surface area contributed by atoms with Gasteiger partial charge < -0.3 is 9.15 Å². The number of fused-ring (bicyclic) bond motifs is 1. The van der Waals surface area contributed by atoms with E-state index in [0.29, 0.717) is 21.5 Å². The number of hydrogen-bond acceptors (Lipinski definition) is 6. The lowest BCUT2D eigenvalue weighted by atomic mass is 10.1. The van der Waals surface area contributed by atoms with E-state index in [1.807, 2.05) is 0 Å². The molecular weight excluding hydrogens is 410 g/mol. The van der Waals surface area contributed by atoms with E-state index in [1.165, 1.54) is 48.7 Å². The summed E-state index contributed by atoms with van der Waals surface area (Å²) in [6.07, 6.45) is 1.34. The van der Waals surface area contributed by atoms with E-state index in [2.05, 4.69) is 0 Å². The van der Waals surface area contributed by atoms with Crippen molar-refractivity contribution in [2.75, 3.05) is 0 Å². The third kappa shape index (κ3) is 3.78. The lowest BCUT2D eigenvalue weighted by Gasteiger charge is -2.06. The zero-order valence-corrected chi connectivity index (χ0v) is 16.0. The number of non-ortho nitro benzene ring substituents is 1. The van der Waals surface area contributed by atoms with Crippen LogP contribution in [0.15, 0.2) is 82.2 Å². The lowest BCUT2D eigenvalue weighted by Crippen LogP contribution is -2.09. The first kappa shape index (κ1) is 19.4. The summed E-state index contributed by atoms with van der Waals surface area (Å²) < 4.78 is 10.9. The number of ether oxygens (including phenoxy) is 1. The molecule has 0 unspecified atom stereocenters. The molecule has 0 bridgehead atoms. The molecular formula is C22H12ClNO6. The van der Waals surface area contributed by atoms with E-state index in [-0.39, 0.29) is 28.0 Å². The molecule has 0 aliphatic rings. The van der Waals surface area contributed by atoms with Crippen molar-refractivity contribution in [2.24, 2.45) is 0 Å². The molecule has 0 aliphatic carbocycles. The molecule has 0 saturated carbocycles. The lowest BCUT2D eigenvalue weighted by molar-refractivity contribution is -0.384. The topological polar surface area (TPSA) is 99.7 Å². The van der Waals surface area contributed by atoms with Crippen LogP contribution in [0.3, 0.4) is 0 Å². The van der Waals surface area contributed by atoms with Crippen LogP contribution in [0.2, 0.25) is 5.02 Å². The molecule has 4 rings (SSSR count). The van der Waals surface area contributed by atoms with Crippen molar-refractivity contribution < 1.29 is 18.9 Å². The molecule has 7 nitrogen and oxygen atoms in total. The van der Waals surface area contributed by atoms with Gasteiger partial charge >= 0.3 is 5.97 Å². The average molecular weight is 422 g/mol.